The smallest absolute Gasteiger partial charge is 0.405 e. The highest BCUT2D eigenvalue weighted by Gasteiger charge is 2.30. The average Bonchev–Trinajstić information content (AvgIpc) is 3.57. The van der Waals surface area contributed by atoms with E-state index in [9.17, 15) is 24.6 Å². The number of anilines is 2. The standard InChI is InChI=1S/C34H45N3O10/c1-18-14-22-29(39)23(17-24(31(22)45-7)37-33(41)26-12-9-13-46-26)36-32(40)19(2)10-8-11-25(43-5)30(47-34(35)42)21(4)16-20(3)28(38)27(15-18)44-6/h8-13,16-18,20,25,27-28,30,38-39H,14-15H2,1-7H3,(H2,35,42)(H,36,40)(H,37,41)/b11-8-,19-10+,21-16+/t18-,20+,25+,27+,28-,30+/m1/s1. The molecule has 6 atom stereocenters. The molecule has 3 rings (SSSR count). The van der Waals surface area contributed by atoms with Crippen molar-refractivity contribution in [2.45, 2.75) is 65.0 Å². The molecule has 256 valence electrons. The zero-order chi connectivity index (χ0) is 34.8. The van der Waals surface area contributed by atoms with Gasteiger partial charge in [-0.3, -0.25) is 9.59 Å². The summed E-state index contributed by atoms with van der Waals surface area (Å²) in [5, 5.41) is 28.3. The van der Waals surface area contributed by atoms with Crippen molar-refractivity contribution in [1.29, 1.82) is 0 Å². The number of nitrogens with two attached hydrogens (primary N) is 1. The lowest BCUT2D eigenvalue weighted by Gasteiger charge is -2.29. The lowest BCUT2D eigenvalue weighted by Crippen LogP contribution is -2.37. The zero-order valence-corrected chi connectivity index (χ0v) is 27.7. The van der Waals surface area contributed by atoms with Crippen LogP contribution >= 0.6 is 0 Å². The maximum absolute atomic E-state index is 13.3. The van der Waals surface area contributed by atoms with Crippen LogP contribution in [0, 0.1) is 11.8 Å². The molecule has 1 aromatic carbocycles. The number of hydrogen-bond acceptors (Lipinski definition) is 10. The van der Waals surface area contributed by atoms with Crippen LogP contribution in [-0.4, -0.2) is 73.9 Å². The number of methoxy groups -OCH3 is 3. The largest absolute Gasteiger partial charge is 0.505 e. The van der Waals surface area contributed by atoms with Gasteiger partial charge in [-0.2, -0.15) is 0 Å². The number of nitrogens with one attached hydrogen (secondary N) is 2. The molecule has 2 bridgehead atoms. The molecule has 1 aliphatic rings. The molecule has 13 nitrogen and oxygen atoms in total. The van der Waals surface area contributed by atoms with E-state index in [-0.39, 0.29) is 46.5 Å². The number of aliphatic hydroxyl groups excluding tert-OH is 1. The third-order valence-electron chi connectivity index (χ3n) is 8.00. The number of ether oxygens (including phenoxy) is 4. The number of aromatic hydroxyl groups is 1. The van der Waals surface area contributed by atoms with Crippen molar-refractivity contribution in [2.24, 2.45) is 17.6 Å². The maximum Gasteiger partial charge on any atom is 0.405 e. The van der Waals surface area contributed by atoms with Crippen LogP contribution in [0.4, 0.5) is 16.2 Å². The Bertz CT molecular complexity index is 1500. The molecule has 13 heteroatoms. The summed E-state index contributed by atoms with van der Waals surface area (Å²) in [7, 11) is 4.34. The lowest BCUT2D eigenvalue weighted by atomic mass is 9.87. The van der Waals surface area contributed by atoms with Crippen LogP contribution in [0.2, 0.25) is 0 Å². The van der Waals surface area contributed by atoms with Gasteiger partial charge in [-0.1, -0.05) is 38.2 Å². The highest BCUT2D eigenvalue weighted by molar-refractivity contribution is 6.07. The van der Waals surface area contributed by atoms with Gasteiger partial charge in [0.25, 0.3) is 11.8 Å². The molecule has 6 N–H and O–H groups in total. The van der Waals surface area contributed by atoms with Gasteiger partial charge in [0.05, 0.1) is 37.0 Å². The van der Waals surface area contributed by atoms with Crippen LogP contribution < -0.4 is 21.1 Å². The van der Waals surface area contributed by atoms with Crippen LogP contribution in [0.3, 0.4) is 0 Å². The SMILES string of the molecule is COc1c(NC(=O)c2ccco2)cc2c(O)c1C[C@@H](C)C[C@H](OC)[C@H](O)[C@@H](C)/C=C(\C)[C@H](OC(N)=O)[C@@H](OC)/C=C\C=C(/C)C(=O)N2. The summed E-state index contributed by atoms with van der Waals surface area (Å²) in [5.74, 6) is -1.75. The number of phenolic OH excluding ortho intramolecular Hbond substituents is 1. The van der Waals surface area contributed by atoms with Crippen LogP contribution in [0.5, 0.6) is 11.5 Å². The topological polar surface area (TPSA) is 192 Å². The monoisotopic (exact) mass is 655 g/mol. The Hall–Kier alpha value is -4.59. The third kappa shape index (κ3) is 9.47. The molecule has 3 amide bonds. The summed E-state index contributed by atoms with van der Waals surface area (Å²) in [5.41, 5.74) is 6.77. The molecule has 0 unspecified atom stereocenters. The number of benzene rings is 1. The minimum Gasteiger partial charge on any atom is -0.505 e. The van der Waals surface area contributed by atoms with Crippen molar-refractivity contribution in [3.05, 3.63) is 71.2 Å². The number of allylic oxidation sites excluding steroid dienone is 2. The molecule has 0 fully saturated rings. The molecule has 2 aromatic rings. The molecule has 0 radical (unpaired) electrons. The molecular formula is C34H45N3O10. The zero-order valence-electron chi connectivity index (χ0n) is 27.7. The van der Waals surface area contributed by atoms with E-state index in [0.717, 1.165) is 0 Å². The fourth-order valence-electron chi connectivity index (χ4n) is 5.52. The van der Waals surface area contributed by atoms with Gasteiger partial charge in [0.2, 0.25) is 0 Å². The minimum atomic E-state index is -1.00. The molecule has 0 aliphatic carbocycles. The lowest BCUT2D eigenvalue weighted by molar-refractivity contribution is -0.112. The third-order valence-corrected chi connectivity index (χ3v) is 8.00. The number of carbonyl (C=O) groups excluding carboxylic acids is 3. The number of primary amides is 1. The number of fused-ring (bicyclic) bond motifs is 2. The van der Waals surface area contributed by atoms with E-state index in [1.54, 1.807) is 38.1 Å². The molecule has 0 spiro atoms. The second kappa shape index (κ2) is 16.8. The Balaban J connectivity index is 2.16. The molecule has 1 aromatic heterocycles. The minimum absolute atomic E-state index is 0.0313. The highest BCUT2D eigenvalue weighted by atomic mass is 16.6. The summed E-state index contributed by atoms with van der Waals surface area (Å²) < 4.78 is 27.6. The molecule has 47 heavy (non-hydrogen) atoms. The predicted molar refractivity (Wildman–Crippen MR) is 175 cm³/mol. The van der Waals surface area contributed by atoms with Gasteiger partial charge in [0.1, 0.15) is 17.6 Å². The number of hydrogen-bond donors (Lipinski definition) is 5. The van der Waals surface area contributed by atoms with E-state index < -0.39 is 48.2 Å². The molecular weight excluding hydrogens is 610 g/mol. The van der Waals surface area contributed by atoms with E-state index in [0.29, 0.717) is 17.6 Å². The number of carbonyl (C=O) groups is 3. The Kier molecular flexibility index (Phi) is 13.2. The molecule has 2 heterocycles. The Morgan fingerprint density at radius 2 is 1.87 bits per heavy atom. The van der Waals surface area contributed by atoms with Crippen LogP contribution in [0.25, 0.3) is 0 Å². The van der Waals surface area contributed by atoms with Crippen molar-refractivity contribution in [3.63, 3.8) is 0 Å². The van der Waals surface area contributed by atoms with Crippen LogP contribution in [0.1, 0.15) is 50.2 Å². The maximum atomic E-state index is 13.3. The predicted octanol–water partition coefficient (Wildman–Crippen LogP) is 4.71. The van der Waals surface area contributed by atoms with Crippen LogP contribution in [-0.2, 0) is 25.4 Å². The molecule has 1 aliphatic heterocycles. The molecule has 0 saturated carbocycles. The summed E-state index contributed by atoms with van der Waals surface area (Å²) in [6.07, 6.45) is 4.07. The van der Waals surface area contributed by atoms with E-state index in [1.165, 1.54) is 45.8 Å². The van der Waals surface area contributed by atoms with Crippen molar-refractivity contribution in [1.82, 2.24) is 0 Å². The summed E-state index contributed by atoms with van der Waals surface area (Å²) in [4.78, 5) is 38.0. The second-order valence-electron chi connectivity index (χ2n) is 11.6. The average molecular weight is 656 g/mol. The van der Waals surface area contributed by atoms with Gasteiger partial charge < -0.3 is 49.9 Å². The molecule has 0 saturated heterocycles. The highest BCUT2D eigenvalue weighted by Crippen LogP contribution is 2.43. The van der Waals surface area contributed by atoms with Gasteiger partial charge in [0.15, 0.2) is 11.9 Å². The second-order valence-corrected chi connectivity index (χ2v) is 11.6. The summed E-state index contributed by atoms with van der Waals surface area (Å²) >= 11 is 0. The number of furan rings is 1. The first-order valence-electron chi connectivity index (χ1n) is 15.1. The number of aliphatic hydroxyl groups is 1. The van der Waals surface area contributed by atoms with Crippen LogP contribution in [0.15, 0.2) is 64.3 Å². The Labute approximate surface area is 274 Å². The Morgan fingerprint density at radius 1 is 1.15 bits per heavy atom. The van der Waals surface area contributed by atoms with Gasteiger partial charge in [0, 0.05) is 31.3 Å². The number of phenols is 1. The van der Waals surface area contributed by atoms with Gasteiger partial charge in [-0.15, -0.1) is 0 Å². The van der Waals surface area contributed by atoms with E-state index in [4.69, 9.17) is 29.1 Å². The fraction of sp³-hybridized carbons (Fsp3) is 0.441. The quantitative estimate of drug-likeness (QED) is 0.165. The van der Waals surface area contributed by atoms with Gasteiger partial charge in [-0.25, -0.2) is 4.79 Å². The van der Waals surface area contributed by atoms with Crippen molar-refractivity contribution < 1.29 is 48.0 Å². The number of amides is 3. The van der Waals surface area contributed by atoms with Gasteiger partial charge >= 0.3 is 6.09 Å². The summed E-state index contributed by atoms with van der Waals surface area (Å²) in [6, 6.07) is 4.47. The van der Waals surface area contributed by atoms with Crippen molar-refractivity contribution in [2.75, 3.05) is 32.0 Å². The Morgan fingerprint density at radius 3 is 2.47 bits per heavy atom. The van der Waals surface area contributed by atoms with Gasteiger partial charge in [-0.05, 0) is 56.4 Å². The summed E-state index contributed by atoms with van der Waals surface area (Å²) in [6.45, 7) is 7.03. The van der Waals surface area contributed by atoms with E-state index >= 15 is 0 Å². The first-order valence-corrected chi connectivity index (χ1v) is 15.1. The fourth-order valence-corrected chi connectivity index (χ4v) is 5.52. The van der Waals surface area contributed by atoms with E-state index in [1.807, 2.05) is 13.8 Å². The van der Waals surface area contributed by atoms with Crippen molar-refractivity contribution in [3.8, 4) is 11.5 Å². The van der Waals surface area contributed by atoms with Crippen molar-refractivity contribution >= 4 is 29.3 Å². The first kappa shape index (κ1) is 36.9. The van der Waals surface area contributed by atoms with E-state index in [2.05, 4.69) is 10.6 Å². The first-order chi connectivity index (χ1) is 22.3. The normalized spacial score (nSPS) is 27.4. The number of rotatable bonds is 6.